The number of ether oxygens (including phenoxy) is 1. The lowest BCUT2D eigenvalue weighted by atomic mass is 10.1. The number of aromatic nitrogens is 1. The molecule has 1 aliphatic rings. The van der Waals surface area contributed by atoms with Gasteiger partial charge in [-0.2, -0.15) is 0 Å². The summed E-state index contributed by atoms with van der Waals surface area (Å²) in [6.07, 6.45) is 5.44. The van der Waals surface area contributed by atoms with Crippen LogP contribution in [0.5, 0.6) is 5.75 Å². The van der Waals surface area contributed by atoms with E-state index in [1.807, 2.05) is 24.3 Å². The van der Waals surface area contributed by atoms with E-state index in [4.69, 9.17) is 4.74 Å². The Morgan fingerprint density at radius 3 is 2.80 bits per heavy atom. The molecule has 1 aliphatic heterocycles. The summed E-state index contributed by atoms with van der Waals surface area (Å²) in [6.45, 7) is 2.11. The van der Waals surface area contributed by atoms with Gasteiger partial charge in [0.15, 0.2) is 0 Å². The lowest BCUT2D eigenvalue weighted by Crippen LogP contribution is -2.05. The van der Waals surface area contributed by atoms with Gasteiger partial charge in [-0.25, -0.2) is 0 Å². The van der Waals surface area contributed by atoms with E-state index in [1.165, 1.54) is 11.3 Å². The SMILES string of the molecule is C[C@H]1Cc2c(cccc2-n2cccc2)O1. The average Bonchev–Trinajstić information content (AvgIpc) is 2.82. The minimum atomic E-state index is 0.303. The minimum Gasteiger partial charge on any atom is -0.490 e. The highest BCUT2D eigenvalue weighted by atomic mass is 16.5. The van der Waals surface area contributed by atoms with E-state index < -0.39 is 0 Å². The van der Waals surface area contributed by atoms with Gasteiger partial charge in [0, 0.05) is 24.4 Å². The van der Waals surface area contributed by atoms with Crippen LogP contribution in [0.25, 0.3) is 5.69 Å². The van der Waals surface area contributed by atoms with Crippen molar-refractivity contribution in [3.05, 3.63) is 48.3 Å². The summed E-state index contributed by atoms with van der Waals surface area (Å²) in [6, 6.07) is 10.3. The Kier molecular flexibility index (Phi) is 1.81. The van der Waals surface area contributed by atoms with E-state index in [2.05, 4.69) is 30.0 Å². The first-order chi connectivity index (χ1) is 7.34. The first-order valence-electron chi connectivity index (χ1n) is 5.26. The molecule has 2 heterocycles. The van der Waals surface area contributed by atoms with Crippen LogP contribution in [0.15, 0.2) is 42.7 Å². The summed E-state index contributed by atoms with van der Waals surface area (Å²) in [5, 5.41) is 0. The van der Waals surface area contributed by atoms with Gasteiger partial charge in [-0.05, 0) is 31.2 Å². The van der Waals surface area contributed by atoms with Gasteiger partial charge in [0.1, 0.15) is 11.9 Å². The van der Waals surface area contributed by atoms with Gasteiger partial charge >= 0.3 is 0 Å². The molecule has 1 aromatic carbocycles. The van der Waals surface area contributed by atoms with E-state index in [9.17, 15) is 0 Å². The summed E-state index contributed by atoms with van der Waals surface area (Å²) in [4.78, 5) is 0. The molecule has 2 nitrogen and oxygen atoms in total. The molecule has 3 rings (SSSR count). The van der Waals surface area contributed by atoms with E-state index in [1.54, 1.807) is 0 Å². The third-order valence-electron chi connectivity index (χ3n) is 2.81. The van der Waals surface area contributed by atoms with Crippen LogP contribution in [-0.2, 0) is 6.42 Å². The molecule has 0 radical (unpaired) electrons. The second-order valence-electron chi connectivity index (χ2n) is 3.98. The van der Waals surface area contributed by atoms with Crippen molar-refractivity contribution in [2.75, 3.05) is 0 Å². The lowest BCUT2D eigenvalue weighted by Gasteiger charge is -2.07. The highest BCUT2D eigenvalue weighted by molar-refractivity contribution is 5.52. The van der Waals surface area contributed by atoms with Crippen LogP contribution < -0.4 is 4.74 Å². The predicted molar refractivity (Wildman–Crippen MR) is 59.6 cm³/mol. The maximum atomic E-state index is 5.73. The quantitative estimate of drug-likeness (QED) is 0.688. The molecule has 0 N–H and O–H groups in total. The van der Waals surface area contributed by atoms with E-state index >= 15 is 0 Å². The molecule has 0 bridgehead atoms. The smallest absolute Gasteiger partial charge is 0.125 e. The van der Waals surface area contributed by atoms with Crippen LogP contribution in [0.4, 0.5) is 0 Å². The molecule has 0 fully saturated rings. The zero-order valence-corrected chi connectivity index (χ0v) is 8.68. The van der Waals surface area contributed by atoms with Crippen LogP contribution in [0.1, 0.15) is 12.5 Å². The third-order valence-corrected chi connectivity index (χ3v) is 2.81. The third kappa shape index (κ3) is 1.33. The molecular formula is C13H13NO. The Bertz CT molecular complexity index is 473. The molecule has 1 atom stereocenters. The molecule has 2 heteroatoms. The number of hydrogen-bond acceptors (Lipinski definition) is 1. The molecule has 15 heavy (non-hydrogen) atoms. The Morgan fingerprint density at radius 1 is 1.20 bits per heavy atom. The summed E-state index contributed by atoms with van der Waals surface area (Å²) < 4.78 is 7.87. The van der Waals surface area contributed by atoms with Crippen LogP contribution in [0.2, 0.25) is 0 Å². The van der Waals surface area contributed by atoms with Gasteiger partial charge in [0.25, 0.3) is 0 Å². The van der Waals surface area contributed by atoms with Crippen molar-refractivity contribution in [3.8, 4) is 11.4 Å². The number of rotatable bonds is 1. The molecule has 2 aromatic rings. The summed E-state index contributed by atoms with van der Waals surface area (Å²) in [5.74, 6) is 1.04. The first-order valence-corrected chi connectivity index (χ1v) is 5.26. The van der Waals surface area contributed by atoms with Gasteiger partial charge in [-0.1, -0.05) is 6.07 Å². The summed E-state index contributed by atoms with van der Waals surface area (Å²) in [7, 11) is 0. The van der Waals surface area contributed by atoms with Crippen molar-refractivity contribution in [3.63, 3.8) is 0 Å². The molecule has 0 spiro atoms. The second-order valence-corrected chi connectivity index (χ2v) is 3.98. The number of benzene rings is 1. The maximum Gasteiger partial charge on any atom is 0.125 e. The van der Waals surface area contributed by atoms with Crippen LogP contribution >= 0.6 is 0 Å². The van der Waals surface area contributed by atoms with Crippen molar-refractivity contribution in [2.24, 2.45) is 0 Å². The van der Waals surface area contributed by atoms with Crippen LogP contribution in [0, 0.1) is 0 Å². The fourth-order valence-corrected chi connectivity index (χ4v) is 2.15. The van der Waals surface area contributed by atoms with Crippen molar-refractivity contribution in [2.45, 2.75) is 19.4 Å². The molecule has 76 valence electrons. The topological polar surface area (TPSA) is 14.2 Å². The van der Waals surface area contributed by atoms with E-state index in [-0.39, 0.29) is 0 Å². The fraction of sp³-hybridized carbons (Fsp3) is 0.231. The van der Waals surface area contributed by atoms with Crippen molar-refractivity contribution in [1.82, 2.24) is 4.57 Å². The zero-order chi connectivity index (χ0) is 10.3. The lowest BCUT2D eigenvalue weighted by molar-refractivity contribution is 0.254. The van der Waals surface area contributed by atoms with E-state index in [0.29, 0.717) is 6.10 Å². The molecule has 0 aliphatic carbocycles. The Labute approximate surface area is 89.1 Å². The minimum absolute atomic E-state index is 0.303. The van der Waals surface area contributed by atoms with Crippen molar-refractivity contribution in [1.29, 1.82) is 0 Å². The summed E-state index contributed by atoms with van der Waals surface area (Å²) >= 11 is 0. The predicted octanol–water partition coefficient (Wildman–Crippen LogP) is 2.80. The largest absolute Gasteiger partial charge is 0.490 e. The van der Waals surface area contributed by atoms with Gasteiger partial charge in [-0.15, -0.1) is 0 Å². The maximum absolute atomic E-state index is 5.73. The molecular weight excluding hydrogens is 186 g/mol. The van der Waals surface area contributed by atoms with Crippen molar-refractivity contribution < 1.29 is 4.74 Å². The molecule has 1 aromatic heterocycles. The first kappa shape index (κ1) is 8.60. The standard InChI is InChI=1S/C13H13NO/c1-10-9-11-12(14-7-2-3-8-14)5-4-6-13(11)15-10/h2-8,10H,9H2,1H3/t10-/m0/s1. The summed E-state index contributed by atoms with van der Waals surface area (Å²) in [5.41, 5.74) is 2.56. The molecule has 0 saturated carbocycles. The number of fused-ring (bicyclic) bond motifs is 1. The van der Waals surface area contributed by atoms with Crippen LogP contribution in [-0.4, -0.2) is 10.7 Å². The number of hydrogen-bond donors (Lipinski definition) is 0. The number of nitrogens with zero attached hydrogens (tertiary/aromatic N) is 1. The Morgan fingerprint density at radius 2 is 2.00 bits per heavy atom. The van der Waals surface area contributed by atoms with E-state index in [0.717, 1.165) is 12.2 Å². The molecule has 0 unspecified atom stereocenters. The Balaban J connectivity index is 2.15. The fourth-order valence-electron chi connectivity index (χ4n) is 2.15. The highest BCUT2D eigenvalue weighted by Crippen LogP contribution is 2.33. The van der Waals surface area contributed by atoms with Crippen molar-refractivity contribution >= 4 is 0 Å². The second kappa shape index (κ2) is 3.16. The molecule has 0 amide bonds. The van der Waals surface area contributed by atoms with Gasteiger partial charge in [-0.3, -0.25) is 0 Å². The zero-order valence-electron chi connectivity index (χ0n) is 8.68. The van der Waals surface area contributed by atoms with Gasteiger partial charge in [0.2, 0.25) is 0 Å². The molecule has 0 saturated heterocycles. The highest BCUT2D eigenvalue weighted by Gasteiger charge is 2.21. The normalized spacial score (nSPS) is 18.6. The van der Waals surface area contributed by atoms with Crippen LogP contribution in [0.3, 0.4) is 0 Å². The average molecular weight is 199 g/mol. The van der Waals surface area contributed by atoms with Gasteiger partial charge < -0.3 is 9.30 Å². The Hall–Kier alpha value is -1.70. The van der Waals surface area contributed by atoms with Gasteiger partial charge in [0.05, 0.1) is 5.69 Å². The monoisotopic (exact) mass is 199 g/mol.